The molecular weight excluding hydrogens is 275 g/mol. The minimum Gasteiger partial charge on any atom is -0.329 e. The van der Waals surface area contributed by atoms with Gasteiger partial charge in [0.05, 0.1) is 15.1 Å². The minimum atomic E-state index is -1.87. The second-order valence-corrected chi connectivity index (χ2v) is 10.2. The van der Waals surface area contributed by atoms with Gasteiger partial charge < -0.3 is 4.52 Å². The highest BCUT2D eigenvalue weighted by Gasteiger charge is 2.32. The summed E-state index contributed by atoms with van der Waals surface area (Å²) in [5.41, 5.74) is 0. The summed E-state index contributed by atoms with van der Waals surface area (Å²) in [6.45, 7) is 2.45. The number of rotatable bonds is 3. The van der Waals surface area contributed by atoms with E-state index in [0.29, 0.717) is 6.61 Å². The lowest BCUT2D eigenvalue weighted by atomic mass is 10.9. The molecule has 0 saturated carbocycles. The Morgan fingerprint density at radius 1 is 1.36 bits per heavy atom. The van der Waals surface area contributed by atoms with Gasteiger partial charge in [-0.05, 0) is 6.92 Å². The molecule has 0 N–H and O–H groups in total. The van der Waals surface area contributed by atoms with Crippen LogP contribution in [-0.2, 0) is 9.09 Å². The highest BCUT2D eigenvalue weighted by atomic mass is 32.3. The highest BCUT2D eigenvalue weighted by Crippen LogP contribution is 2.63. The van der Waals surface area contributed by atoms with Crippen LogP contribution in [0, 0.1) is 0 Å². The number of hydrogen-bond acceptors (Lipinski definition) is 6. The first-order chi connectivity index (χ1) is 6.81. The van der Waals surface area contributed by atoms with Gasteiger partial charge in [-0.2, -0.15) is 0 Å². The van der Waals surface area contributed by atoms with Gasteiger partial charge in [-0.25, -0.2) is 0 Å². The lowest BCUT2D eigenvalue weighted by Gasteiger charge is -2.09. The molecule has 14 heavy (non-hydrogen) atoms. The summed E-state index contributed by atoms with van der Waals surface area (Å²) >= 11 is 7.26. The molecule has 0 fully saturated rings. The van der Waals surface area contributed by atoms with E-state index in [-0.39, 0.29) is 4.32 Å². The van der Waals surface area contributed by atoms with Gasteiger partial charge in [0, 0.05) is 11.5 Å². The van der Waals surface area contributed by atoms with E-state index in [9.17, 15) is 4.57 Å². The van der Waals surface area contributed by atoms with Crippen LogP contribution < -0.4 is 0 Å². The summed E-state index contributed by atoms with van der Waals surface area (Å²) in [6.07, 6.45) is 0. The number of hydrogen-bond donors (Lipinski definition) is 0. The van der Waals surface area contributed by atoms with Gasteiger partial charge in [-0.3, -0.25) is 4.57 Å². The minimum absolute atomic E-state index is 0.128. The van der Waals surface area contributed by atoms with E-state index >= 15 is 0 Å². The quantitative estimate of drug-likeness (QED) is 0.731. The molecule has 0 aliphatic carbocycles. The normalized spacial score (nSPS) is 25.2. The molecule has 0 bridgehead atoms. The van der Waals surface area contributed by atoms with Gasteiger partial charge in [0.2, 0.25) is 8.03 Å². The van der Waals surface area contributed by atoms with E-state index in [4.69, 9.17) is 4.52 Å². The molecule has 0 amide bonds. The van der Waals surface area contributed by atoms with Crippen LogP contribution in [-0.4, -0.2) is 22.4 Å². The molecule has 0 radical (unpaired) electrons. The molecular formula is C7H11O2PS4. The molecule has 1 unspecified atom stereocenters. The van der Waals surface area contributed by atoms with Gasteiger partial charge >= 0.3 is 0 Å². The third-order valence-electron chi connectivity index (χ3n) is 1.62. The molecule has 0 spiro atoms. The largest absolute Gasteiger partial charge is 0.329 e. The fraction of sp³-hybridized carbons (Fsp3) is 0.714. The van der Waals surface area contributed by atoms with E-state index in [1.807, 2.05) is 30.4 Å². The van der Waals surface area contributed by atoms with Gasteiger partial charge in [-0.1, -0.05) is 23.5 Å². The number of thioether (sulfide) groups is 4. The predicted molar refractivity (Wildman–Crippen MR) is 71.5 cm³/mol. The van der Waals surface area contributed by atoms with E-state index in [2.05, 4.69) is 0 Å². The maximum absolute atomic E-state index is 11.7. The van der Waals surface area contributed by atoms with Crippen LogP contribution in [0.2, 0.25) is 0 Å². The zero-order valence-corrected chi connectivity index (χ0v) is 11.9. The van der Waals surface area contributed by atoms with Crippen LogP contribution in [0.15, 0.2) is 8.47 Å². The van der Waals surface area contributed by atoms with Crippen molar-refractivity contribution < 1.29 is 9.09 Å². The second kappa shape index (κ2) is 5.60. The van der Waals surface area contributed by atoms with Crippen molar-refractivity contribution in [3.63, 3.8) is 0 Å². The Kier molecular flexibility index (Phi) is 4.72. The molecule has 0 aromatic carbocycles. The molecule has 2 nitrogen and oxygen atoms in total. The summed E-state index contributed by atoms with van der Waals surface area (Å²) in [7, 11) is -1.87. The SMILES string of the molecule is CCO[PH](=O)C1SC2=C(SCCS2)S1. The smallest absolute Gasteiger partial charge is 0.214 e. The van der Waals surface area contributed by atoms with Crippen LogP contribution in [0.3, 0.4) is 0 Å². The van der Waals surface area contributed by atoms with Gasteiger partial charge in [-0.15, -0.1) is 23.5 Å². The van der Waals surface area contributed by atoms with Gasteiger partial charge in [0.15, 0.2) is 0 Å². The molecule has 2 aliphatic heterocycles. The molecule has 1 atom stereocenters. The maximum atomic E-state index is 11.7. The Balaban J connectivity index is 1.94. The maximum Gasteiger partial charge on any atom is 0.214 e. The second-order valence-electron chi connectivity index (χ2n) is 2.59. The standard InChI is InChI=1S/C7H11O2PS4/c1-2-9-10(8)7-13-5-6(14-7)12-4-3-11-5/h7,10H,2-4H2,1H3. The lowest BCUT2D eigenvalue weighted by molar-refractivity contribution is 0.352. The molecule has 0 saturated heterocycles. The average molecular weight is 286 g/mol. The van der Waals surface area contributed by atoms with Crippen molar-refractivity contribution in [1.29, 1.82) is 0 Å². The van der Waals surface area contributed by atoms with Crippen molar-refractivity contribution in [2.75, 3.05) is 18.1 Å². The van der Waals surface area contributed by atoms with E-state index in [0.717, 1.165) is 0 Å². The van der Waals surface area contributed by atoms with Gasteiger partial charge in [0.1, 0.15) is 4.32 Å². The predicted octanol–water partition coefficient (Wildman–Crippen LogP) is 3.87. The molecule has 2 heterocycles. The summed E-state index contributed by atoms with van der Waals surface area (Å²) < 4.78 is 19.7. The van der Waals surface area contributed by atoms with Crippen LogP contribution in [0.25, 0.3) is 0 Å². The zero-order chi connectivity index (χ0) is 9.97. The first-order valence-corrected chi connectivity index (χ1v) is 9.43. The van der Waals surface area contributed by atoms with Crippen LogP contribution in [0.4, 0.5) is 0 Å². The summed E-state index contributed by atoms with van der Waals surface area (Å²) in [5, 5.41) is 0. The van der Waals surface area contributed by atoms with Crippen molar-refractivity contribution in [1.82, 2.24) is 0 Å². The Hall–Kier alpha value is 1.33. The molecule has 2 rings (SSSR count). The van der Waals surface area contributed by atoms with E-state index < -0.39 is 8.03 Å². The van der Waals surface area contributed by atoms with E-state index in [1.54, 1.807) is 23.5 Å². The molecule has 80 valence electrons. The summed E-state index contributed by atoms with van der Waals surface area (Å²) in [4.78, 5) is 0. The van der Waals surface area contributed by atoms with Crippen molar-refractivity contribution >= 4 is 55.1 Å². The van der Waals surface area contributed by atoms with Crippen molar-refractivity contribution in [2.45, 2.75) is 11.2 Å². The third-order valence-corrected chi connectivity index (χ3v) is 10.1. The topological polar surface area (TPSA) is 26.3 Å². The van der Waals surface area contributed by atoms with Crippen molar-refractivity contribution in [3.8, 4) is 0 Å². The van der Waals surface area contributed by atoms with Gasteiger partial charge in [0.25, 0.3) is 0 Å². The molecule has 0 aromatic heterocycles. The fourth-order valence-corrected chi connectivity index (χ4v) is 9.79. The summed E-state index contributed by atoms with van der Waals surface area (Å²) in [6, 6.07) is 0. The van der Waals surface area contributed by atoms with Crippen molar-refractivity contribution in [3.05, 3.63) is 8.47 Å². The van der Waals surface area contributed by atoms with Crippen molar-refractivity contribution in [2.24, 2.45) is 0 Å². The monoisotopic (exact) mass is 286 g/mol. The van der Waals surface area contributed by atoms with Crippen LogP contribution in [0.1, 0.15) is 6.92 Å². The Bertz CT molecular complexity index is 263. The summed E-state index contributed by atoms with van der Waals surface area (Å²) in [5.74, 6) is 2.36. The first kappa shape index (κ1) is 11.8. The van der Waals surface area contributed by atoms with Crippen LogP contribution >= 0.6 is 55.1 Å². The van der Waals surface area contributed by atoms with Crippen LogP contribution in [0.5, 0.6) is 0 Å². The Morgan fingerprint density at radius 3 is 2.43 bits per heavy atom. The molecule has 0 aromatic rings. The third kappa shape index (κ3) is 2.71. The zero-order valence-electron chi connectivity index (χ0n) is 7.65. The first-order valence-electron chi connectivity index (χ1n) is 4.31. The lowest BCUT2D eigenvalue weighted by Crippen LogP contribution is -1.88. The average Bonchev–Trinajstić information content (AvgIpc) is 2.61. The molecule has 2 aliphatic rings. The Labute approximate surface area is 102 Å². The Morgan fingerprint density at radius 2 is 1.93 bits per heavy atom. The molecule has 7 heteroatoms. The fourth-order valence-electron chi connectivity index (χ4n) is 1.08. The highest BCUT2D eigenvalue weighted by molar-refractivity contribution is 8.41. The van der Waals surface area contributed by atoms with E-state index in [1.165, 1.54) is 20.0 Å².